The molecule has 1 N–H and O–H groups in total. The number of nitrogens with one attached hydrogen (secondary N) is 1. The van der Waals surface area contributed by atoms with Gasteiger partial charge in [0.05, 0.1) is 10.2 Å². The first-order chi connectivity index (χ1) is 10.1. The van der Waals surface area contributed by atoms with Gasteiger partial charge >= 0.3 is 0 Å². The summed E-state index contributed by atoms with van der Waals surface area (Å²) < 4.78 is 1.13. The number of thiophene rings is 1. The van der Waals surface area contributed by atoms with Crippen LogP contribution in [0.25, 0.3) is 10.2 Å². The summed E-state index contributed by atoms with van der Waals surface area (Å²) in [4.78, 5) is 17.9. The molecular weight excluding hydrogens is 280 g/mol. The lowest BCUT2D eigenvalue weighted by Gasteiger charge is -2.26. The zero-order valence-corrected chi connectivity index (χ0v) is 13.0. The number of carbonyl (C=O) groups is 1. The van der Waals surface area contributed by atoms with Crippen molar-refractivity contribution in [3.05, 3.63) is 59.1 Å². The predicted molar refractivity (Wildman–Crippen MR) is 87.6 cm³/mol. The smallest absolute Gasteiger partial charge is 0.270 e. The quantitative estimate of drug-likeness (QED) is 0.766. The second-order valence-corrected chi connectivity index (χ2v) is 6.34. The Kier molecular flexibility index (Phi) is 3.80. The van der Waals surface area contributed by atoms with Crippen molar-refractivity contribution in [3.63, 3.8) is 0 Å². The molecule has 0 aliphatic heterocycles. The van der Waals surface area contributed by atoms with Gasteiger partial charge in [-0.1, -0.05) is 30.3 Å². The fourth-order valence-corrected chi connectivity index (χ4v) is 3.17. The summed E-state index contributed by atoms with van der Waals surface area (Å²) in [6, 6.07) is 14.2. The van der Waals surface area contributed by atoms with E-state index in [1.807, 2.05) is 54.5 Å². The molecule has 0 saturated carbocycles. The van der Waals surface area contributed by atoms with Gasteiger partial charge in [0.15, 0.2) is 0 Å². The Morgan fingerprint density at radius 3 is 2.67 bits per heavy atom. The van der Waals surface area contributed by atoms with E-state index in [0.29, 0.717) is 12.2 Å². The first kappa shape index (κ1) is 13.9. The molecule has 0 saturated heterocycles. The molecule has 0 bridgehead atoms. The Morgan fingerprint density at radius 2 is 2.00 bits per heavy atom. The third kappa shape index (κ3) is 2.85. The second-order valence-electron chi connectivity index (χ2n) is 5.39. The minimum atomic E-state index is 0.0530. The molecule has 0 unspecified atom stereocenters. The third-order valence-corrected chi connectivity index (χ3v) is 4.41. The standard InChI is InChI=1S/C17H18N2OS/c1-12(2)19(11-13-6-4-3-5-7-13)17(20)15-10-16-14(18-15)8-9-21-16/h3-10,12,18H,11H2,1-2H3. The lowest BCUT2D eigenvalue weighted by molar-refractivity contribution is 0.0685. The number of hydrogen-bond acceptors (Lipinski definition) is 2. The number of rotatable bonds is 4. The molecule has 2 heterocycles. The van der Waals surface area contributed by atoms with Crippen molar-refractivity contribution < 1.29 is 4.79 Å². The highest BCUT2D eigenvalue weighted by Gasteiger charge is 2.21. The first-order valence-electron chi connectivity index (χ1n) is 7.06. The number of carbonyl (C=O) groups excluding carboxylic acids is 1. The number of nitrogens with zero attached hydrogens (tertiary/aromatic N) is 1. The maximum absolute atomic E-state index is 12.8. The van der Waals surface area contributed by atoms with E-state index in [0.717, 1.165) is 15.8 Å². The van der Waals surface area contributed by atoms with E-state index in [2.05, 4.69) is 17.1 Å². The highest BCUT2D eigenvalue weighted by Crippen LogP contribution is 2.23. The summed E-state index contributed by atoms with van der Waals surface area (Å²) in [5, 5.41) is 2.03. The van der Waals surface area contributed by atoms with Crippen molar-refractivity contribution in [3.8, 4) is 0 Å². The molecule has 0 aliphatic carbocycles. The topological polar surface area (TPSA) is 36.1 Å². The number of benzene rings is 1. The molecule has 2 aromatic heterocycles. The average Bonchev–Trinajstić information content (AvgIpc) is 3.06. The highest BCUT2D eigenvalue weighted by atomic mass is 32.1. The van der Waals surface area contributed by atoms with Crippen molar-refractivity contribution >= 4 is 27.5 Å². The van der Waals surface area contributed by atoms with E-state index in [9.17, 15) is 4.79 Å². The molecule has 21 heavy (non-hydrogen) atoms. The molecule has 3 rings (SSSR count). The summed E-state index contributed by atoms with van der Waals surface area (Å²) in [5.74, 6) is 0.0530. The molecular formula is C17H18N2OS. The monoisotopic (exact) mass is 298 g/mol. The van der Waals surface area contributed by atoms with Crippen LogP contribution in [0.2, 0.25) is 0 Å². The van der Waals surface area contributed by atoms with Crippen LogP contribution in [0.4, 0.5) is 0 Å². The van der Waals surface area contributed by atoms with E-state index in [1.165, 1.54) is 0 Å². The highest BCUT2D eigenvalue weighted by molar-refractivity contribution is 7.17. The molecule has 108 valence electrons. The maximum Gasteiger partial charge on any atom is 0.270 e. The number of H-pyrrole nitrogens is 1. The van der Waals surface area contributed by atoms with E-state index in [-0.39, 0.29) is 11.9 Å². The van der Waals surface area contributed by atoms with Crippen molar-refractivity contribution in [2.45, 2.75) is 26.4 Å². The maximum atomic E-state index is 12.8. The Balaban J connectivity index is 1.86. The normalized spacial score (nSPS) is 11.2. The molecule has 0 fully saturated rings. The molecule has 0 radical (unpaired) electrons. The number of fused-ring (bicyclic) bond motifs is 1. The van der Waals surface area contributed by atoms with Gasteiger partial charge in [-0.25, -0.2) is 0 Å². The van der Waals surface area contributed by atoms with Crippen LogP contribution in [0, 0.1) is 0 Å². The Morgan fingerprint density at radius 1 is 1.24 bits per heavy atom. The van der Waals surface area contributed by atoms with Crippen molar-refractivity contribution in [2.75, 3.05) is 0 Å². The SMILES string of the molecule is CC(C)N(Cc1ccccc1)C(=O)c1cc2sccc2[nH]1. The largest absolute Gasteiger partial charge is 0.350 e. The van der Waals surface area contributed by atoms with Gasteiger partial charge in [0.1, 0.15) is 5.69 Å². The fourth-order valence-electron chi connectivity index (χ4n) is 2.39. The first-order valence-corrected chi connectivity index (χ1v) is 7.94. The van der Waals surface area contributed by atoms with Gasteiger partial charge in [-0.3, -0.25) is 4.79 Å². The zero-order valence-electron chi connectivity index (χ0n) is 12.2. The summed E-state index contributed by atoms with van der Waals surface area (Å²) in [5.41, 5.74) is 2.85. The molecule has 1 aromatic carbocycles. The average molecular weight is 298 g/mol. The summed E-state index contributed by atoms with van der Waals surface area (Å²) in [6.07, 6.45) is 0. The summed E-state index contributed by atoms with van der Waals surface area (Å²) in [7, 11) is 0. The van der Waals surface area contributed by atoms with E-state index < -0.39 is 0 Å². The third-order valence-electron chi connectivity index (χ3n) is 3.55. The predicted octanol–water partition coefficient (Wildman–Crippen LogP) is 4.28. The van der Waals surface area contributed by atoms with Gasteiger partial charge in [0.25, 0.3) is 5.91 Å². The molecule has 0 spiro atoms. The van der Waals surface area contributed by atoms with Gasteiger partial charge < -0.3 is 9.88 Å². The number of amides is 1. The molecule has 3 aromatic rings. The van der Waals surface area contributed by atoms with Gasteiger partial charge in [-0.2, -0.15) is 0 Å². The van der Waals surface area contributed by atoms with Crippen molar-refractivity contribution in [2.24, 2.45) is 0 Å². The molecule has 0 atom stereocenters. The number of aromatic amines is 1. The lowest BCUT2D eigenvalue weighted by Crippen LogP contribution is -2.36. The van der Waals surface area contributed by atoms with Gasteiger partial charge in [-0.15, -0.1) is 11.3 Å². The van der Waals surface area contributed by atoms with Crippen LogP contribution in [-0.2, 0) is 6.54 Å². The van der Waals surface area contributed by atoms with Crippen molar-refractivity contribution in [1.29, 1.82) is 0 Å². The number of aromatic nitrogens is 1. The zero-order chi connectivity index (χ0) is 14.8. The van der Waals surface area contributed by atoms with Crippen LogP contribution in [0.15, 0.2) is 47.8 Å². The van der Waals surface area contributed by atoms with Crippen LogP contribution in [0.1, 0.15) is 29.9 Å². The van der Waals surface area contributed by atoms with Crippen molar-refractivity contribution in [1.82, 2.24) is 9.88 Å². The summed E-state index contributed by atoms with van der Waals surface area (Å²) >= 11 is 1.65. The van der Waals surface area contributed by atoms with Crippen LogP contribution >= 0.6 is 11.3 Å². The molecule has 4 heteroatoms. The van der Waals surface area contributed by atoms with Gasteiger partial charge in [0.2, 0.25) is 0 Å². The Labute approximate surface area is 128 Å². The second kappa shape index (κ2) is 5.74. The minimum Gasteiger partial charge on any atom is -0.350 e. The van der Waals surface area contributed by atoms with Crippen LogP contribution in [0.5, 0.6) is 0 Å². The van der Waals surface area contributed by atoms with Crippen LogP contribution in [-0.4, -0.2) is 21.8 Å². The Bertz CT molecular complexity index is 714. The van der Waals surface area contributed by atoms with Crippen LogP contribution < -0.4 is 0 Å². The van der Waals surface area contributed by atoms with Crippen LogP contribution in [0.3, 0.4) is 0 Å². The molecule has 3 nitrogen and oxygen atoms in total. The van der Waals surface area contributed by atoms with E-state index in [1.54, 1.807) is 11.3 Å². The summed E-state index contributed by atoms with van der Waals surface area (Å²) in [6.45, 7) is 4.72. The van der Waals surface area contributed by atoms with E-state index >= 15 is 0 Å². The van der Waals surface area contributed by atoms with Gasteiger partial charge in [0, 0.05) is 12.6 Å². The van der Waals surface area contributed by atoms with E-state index in [4.69, 9.17) is 0 Å². The number of hydrogen-bond donors (Lipinski definition) is 1. The van der Waals surface area contributed by atoms with Gasteiger partial charge in [-0.05, 0) is 36.9 Å². The lowest BCUT2D eigenvalue weighted by atomic mass is 10.2. The molecule has 0 aliphatic rings. The fraction of sp³-hybridized carbons (Fsp3) is 0.235. The Hall–Kier alpha value is -2.07. The molecule has 1 amide bonds. The minimum absolute atomic E-state index is 0.0530.